The number of methoxy groups -OCH3 is 1. The highest BCUT2D eigenvalue weighted by Gasteiger charge is 2.27. The van der Waals surface area contributed by atoms with E-state index in [4.69, 9.17) is 13.6 Å². The fourth-order valence-electron chi connectivity index (χ4n) is 3.51. The summed E-state index contributed by atoms with van der Waals surface area (Å²) in [6.07, 6.45) is 5.00. The Morgan fingerprint density at radius 2 is 1.91 bits per heavy atom. The standard InChI is InChI=1S/C24H23N3O5/c1-24(2,11-20-17-7-5-4-6-15(17)13-31-20)27-23(29)22(28)26-16-8-9-18(19(10-16)30-3)21-12-25-14-32-21/h4-10,12-14H,11H2,1-3H3,(H,26,28)(H,27,29). The summed E-state index contributed by atoms with van der Waals surface area (Å²) in [7, 11) is 1.51. The molecule has 2 heterocycles. The summed E-state index contributed by atoms with van der Waals surface area (Å²) in [5, 5.41) is 7.35. The van der Waals surface area contributed by atoms with Gasteiger partial charge in [0.05, 0.1) is 25.1 Å². The maximum absolute atomic E-state index is 12.6. The number of hydrogen-bond acceptors (Lipinski definition) is 6. The van der Waals surface area contributed by atoms with Gasteiger partial charge in [0.25, 0.3) is 0 Å². The van der Waals surface area contributed by atoms with Crippen LogP contribution in [-0.2, 0) is 16.0 Å². The molecule has 0 aliphatic heterocycles. The lowest BCUT2D eigenvalue weighted by Crippen LogP contribution is -2.49. The minimum atomic E-state index is -0.781. The molecule has 0 spiro atoms. The minimum absolute atomic E-state index is 0.417. The topological polar surface area (TPSA) is 107 Å². The molecule has 4 rings (SSSR count). The van der Waals surface area contributed by atoms with E-state index in [0.717, 1.165) is 16.5 Å². The predicted molar refractivity (Wildman–Crippen MR) is 119 cm³/mol. The molecule has 4 aromatic rings. The highest BCUT2D eigenvalue weighted by atomic mass is 16.5. The number of nitrogens with one attached hydrogen (secondary N) is 2. The smallest absolute Gasteiger partial charge is 0.313 e. The Labute approximate surface area is 184 Å². The van der Waals surface area contributed by atoms with Gasteiger partial charge in [0.2, 0.25) is 0 Å². The van der Waals surface area contributed by atoms with E-state index in [1.807, 2.05) is 38.1 Å². The van der Waals surface area contributed by atoms with Gasteiger partial charge in [0.15, 0.2) is 12.2 Å². The van der Waals surface area contributed by atoms with Crippen LogP contribution in [0, 0.1) is 0 Å². The molecular weight excluding hydrogens is 410 g/mol. The largest absolute Gasteiger partial charge is 0.496 e. The lowest BCUT2D eigenvalue weighted by Gasteiger charge is -2.25. The molecule has 2 N–H and O–H groups in total. The van der Waals surface area contributed by atoms with E-state index >= 15 is 0 Å². The predicted octanol–water partition coefficient (Wildman–Crippen LogP) is 4.17. The summed E-state index contributed by atoms with van der Waals surface area (Å²) in [4.78, 5) is 29.0. The van der Waals surface area contributed by atoms with Crippen molar-refractivity contribution in [3.8, 4) is 17.1 Å². The van der Waals surface area contributed by atoms with Gasteiger partial charge in [0.1, 0.15) is 11.5 Å². The number of anilines is 1. The first kappa shape index (κ1) is 21.2. The van der Waals surface area contributed by atoms with Gasteiger partial charge in [0, 0.05) is 34.5 Å². The molecule has 0 radical (unpaired) electrons. The molecular formula is C24H23N3O5. The molecule has 2 amide bonds. The fourth-order valence-corrected chi connectivity index (χ4v) is 3.51. The summed E-state index contributed by atoms with van der Waals surface area (Å²) >= 11 is 0. The molecule has 0 unspecified atom stereocenters. The van der Waals surface area contributed by atoms with Crippen molar-refractivity contribution in [3.05, 3.63) is 67.1 Å². The Bertz CT molecular complexity index is 1260. The van der Waals surface area contributed by atoms with Crippen LogP contribution in [0.25, 0.3) is 22.1 Å². The van der Waals surface area contributed by atoms with Crippen LogP contribution in [0.3, 0.4) is 0 Å². The summed E-state index contributed by atoms with van der Waals surface area (Å²) in [5.41, 5.74) is 0.391. The van der Waals surface area contributed by atoms with Crippen molar-refractivity contribution in [2.45, 2.75) is 25.8 Å². The van der Waals surface area contributed by atoms with Crippen LogP contribution in [-0.4, -0.2) is 29.4 Å². The molecule has 0 saturated carbocycles. The van der Waals surface area contributed by atoms with Crippen molar-refractivity contribution in [3.63, 3.8) is 0 Å². The average molecular weight is 433 g/mol. The summed E-state index contributed by atoms with van der Waals surface area (Å²) in [6, 6.07) is 12.8. The second-order valence-corrected chi connectivity index (χ2v) is 8.00. The number of benzene rings is 2. The zero-order valence-electron chi connectivity index (χ0n) is 18.0. The number of aromatic nitrogens is 1. The first-order chi connectivity index (χ1) is 15.4. The molecule has 0 fully saturated rings. The van der Waals surface area contributed by atoms with Crippen molar-refractivity contribution in [1.82, 2.24) is 10.3 Å². The van der Waals surface area contributed by atoms with Crippen LogP contribution in [0.1, 0.15) is 19.6 Å². The number of fused-ring (bicyclic) bond motifs is 1. The van der Waals surface area contributed by atoms with Gasteiger partial charge in [-0.1, -0.05) is 24.3 Å². The van der Waals surface area contributed by atoms with Crippen molar-refractivity contribution < 1.29 is 23.2 Å². The Morgan fingerprint density at radius 3 is 2.66 bits per heavy atom. The first-order valence-corrected chi connectivity index (χ1v) is 10.0. The lowest BCUT2D eigenvalue weighted by molar-refractivity contribution is -0.137. The zero-order valence-corrected chi connectivity index (χ0v) is 18.0. The quantitative estimate of drug-likeness (QED) is 0.442. The Morgan fingerprint density at radius 1 is 1.09 bits per heavy atom. The Balaban J connectivity index is 1.42. The van der Waals surface area contributed by atoms with E-state index < -0.39 is 17.4 Å². The van der Waals surface area contributed by atoms with Gasteiger partial charge in [-0.05, 0) is 26.0 Å². The summed E-state index contributed by atoms with van der Waals surface area (Å²) in [6.45, 7) is 3.68. The van der Waals surface area contributed by atoms with Crippen molar-refractivity contribution in [1.29, 1.82) is 0 Å². The van der Waals surface area contributed by atoms with Gasteiger partial charge < -0.3 is 24.2 Å². The number of hydrogen-bond donors (Lipinski definition) is 2. The Kier molecular flexibility index (Phi) is 5.68. The monoisotopic (exact) mass is 433 g/mol. The number of nitrogens with zero attached hydrogens (tertiary/aromatic N) is 1. The normalized spacial score (nSPS) is 11.3. The van der Waals surface area contributed by atoms with Gasteiger partial charge >= 0.3 is 11.8 Å². The van der Waals surface area contributed by atoms with Crippen LogP contribution >= 0.6 is 0 Å². The summed E-state index contributed by atoms with van der Waals surface area (Å²) in [5.74, 6) is 0.231. The van der Waals surface area contributed by atoms with E-state index in [9.17, 15) is 9.59 Å². The third kappa shape index (κ3) is 4.49. The maximum Gasteiger partial charge on any atom is 0.313 e. The number of ether oxygens (including phenoxy) is 1. The van der Waals surface area contributed by atoms with Crippen LogP contribution in [0.2, 0.25) is 0 Å². The average Bonchev–Trinajstić information content (AvgIpc) is 3.44. The van der Waals surface area contributed by atoms with Gasteiger partial charge in [-0.3, -0.25) is 9.59 Å². The molecule has 8 nitrogen and oxygen atoms in total. The van der Waals surface area contributed by atoms with E-state index in [-0.39, 0.29) is 0 Å². The van der Waals surface area contributed by atoms with Crippen molar-refractivity contribution in [2.24, 2.45) is 0 Å². The van der Waals surface area contributed by atoms with Crippen LogP contribution in [0.4, 0.5) is 5.69 Å². The second kappa shape index (κ2) is 8.58. The Hall–Kier alpha value is -4.07. The maximum atomic E-state index is 12.6. The van der Waals surface area contributed by atoms with Gasteiger partial charge in [-0.25, -0.2) is 4.98 Å². The third-order valence-electron chi connectivity index (χ3n) is 5.01. The highest BCUT2D eigenvalue weighted by molar-refractivity contribution is 6.39. The number of furan rings is 1. The lowest BCUT2D eigenvalue weighted by atomic mass is 9.97. The summed E-state index contributed by atoms with van der Waals surface area (Å²) < 4.78 is 16.3. The molecule has 0 saturated heterocycles. The molecule has 164 valence electrons. The number of rotatable bonds is 6. The number of amides is 2. The number of carbonyl (C=O) groups is 2. The van der Waals surface area contributed by atoms with Gasteiger partial charge in [-0.15, -0.1) is 0 Å². The van der Waals surface area contributed by atoms with Gasteiger partial charge in [-0.2, -0.15) is 0 Å². The van der Waals surface area contributed by atoms with Crippen LogP contribution in [0.15, 0.2) is 70.2 Å². The second-order valence-electron chi connectivity index (χ2n) is 8.00. The molecule has 0 aliphatic carbocycles. The van der Waals surface area contributed by atoms with Crippen LogP contribution in [0.5, 0.6) is 5.75 Å². The zero-order chi connectivity index (χ0) is 22.7. The molecule has 0 atom stereocenters. The molecule has 32 heavy (non-hydrogen) atoms. The van der Waals surface area contributed by atoms with E-state index in [1.165, 1.54) is 13.5 Å². The third-order valence-corrected chi connectivity index (χ3v) is 5.01. The molecule has 2 aromatic carbocycles. The highest BCUT2D eigenvalue weighted by Crippen LogP contribution is 2.32. The number of carbonyl (C=O) groups excluding carboxylic acids is 2. The van der Waals surface area contributed by atoms with Crippen molar-refractivity contribution >= 4 is 28.3 Å². The van der Waals surface area contributed by atoms with Crippen LogP contribution < -0.4 is 15.4 Å². The van der Waals surface area contributed by atoms with E-state index in [1.54, 1.807) is 30.7 Å². The molecule has 0 bridgehead atoms. The van der Waals surface area contributed by atoms with Crippen molar-refractivity contribution in [2.75, 3.05) is 12.4 Å². The van der Waals surface area contributed by atoms with E-state index in [2.05, 4.69) is 15.6 Å². The SMILES string of the molecule is COc1cc(NC(=O)C(=O)NC(C)(C)Cc2occ3ccccc23)ccc1-c1cnco1. The molecule has 2 aromatic heterocycles. The molecule has 8 heteroatoms. The van der Waals surface area contributed by atoms with E-state index in [0.29, 0.717) is 29.2 Å². The number of oxazole rings is 1. The molecule has 0 aliphatic rings. The minimum Gasteiger partial charge on any atom is -0.496 e. The first-order valence-electron chi connectivity index (χ1n) is 10.0. The fraction of sp³-hybridized carbons (Fsp3) is 0.208.